The van der Waals surface area contributed by atoms with Gasteiger partial charge in [0.15, 0.2) is 0 Å². The maximum atomic E-state index is 13.2. The Labute approximate surface area is 81.1 Å². The minimum atomic E-state index is -3.16. The highest BCUT2D eigenvalue weighted by molar-refractivity contribution is 5.34. The molecule has 0 unspecified atom stereocenters. The third-order valence-electron chi connectivity index (χ3n) is 2.07. The number of alkyl halides is 2. The van der Waals surface area contributed by atoms with E-state index in [4.69, 9.17) is 0 Å². The fourth-order valence-corrected chi connectivity index (χ4v) is 1.28. The van der Waals surface area contributed by atoms with Gasteiger partial charge in [-0.25, -0.2) is 4.39 Å². The fraction of sp³-hybridized carbons (Fsp3) is 0.273. The first-order valence-electron chi connectivity index (χ1n) is 4.31. The Kier molecular flexibility index (Phi) is 2.99. The normalized spacial score (nSPS) is 11.4. The molecule has 76 valence electrons. The number of benzene rings is 1. The number of hydrogen-bond donors (Lipinski definition) is 0. The molecule has 0 aliphatic rings. The molecule has 1 aromatic rings. The summed E-state index contributed by atoms with van der Waals surface area (Å²) in [5, 5.41) is 0. The second kappa shape index (κ2) is 3.86. The first-order valence-corrected chi connectivity index (χ1v) is 4.31. The van der Waals surface area contributed by atoms with Crippen molar-refractivity contribution in [2.75, 3.05) is 0 Å². The molecule has 3 heteroatoms. The van der Waals surface area contributed by atoms with Gasteiger partial charge in [0.05, 0.1) is 0 Å². The Hall–Kier alpha value is -1.25. The second-order valence-corrected chi connectivity index (χ2v) is 2.98. The third-order valence-corrected chi connectivity index (χ3v) is 2.07. The molecule has 1 rings (SSSR count). The lowest BCUT2D eigenvalue weighted by atomic mass is 9.99. The van der Waals surface area contributed by atoms with E-state index in [1.165, 1.54) is 12.1 Å². The van der Waals surface area contributed by atoms with Gasteiger partial charge in [-0.15, -0.1) is 0 Å². The van der Waals surface area contributed by atoms with Gasteiger partial charge < -0.3 is 0 Å². The van der Waals surface area contributed by atoms with Crippen molar-refractivity contribution in [2.45, 2.75) is 19.3 Å². The number of halogens is 3. The van der Waals surface area contributed by atoms with Gasteiger partial charge in [-0.05, 0) is 30.2 Å². The van der Waals surface area contributed by atoms with Crippen LogP contribution in [0.25, 0.3) is 0 Å². The van der Waals surface area contributed by atoms with Gasteiger partial charge in [-0.2, -0.15) is 8.78 Å². The van der Waals surface area contributed by atoms with Crippen LogP contribution in [-0.4, -0.2) is 0 Å². The van der Waals surface area contributed by atoms with Crippen LogP contribution in [0.2, 0.25) is 0 Å². The van der Waals surface area contributed by atoms with Crippen molar-refractivity contribution in [3.63, 3.8) is 0 Å². The third kappa shape index (κ3) is 1.97. The Morgan fingerprint density at radius 1 is 1.43 bits per heavy atom. The van der Waals surface area contributed by atoms with Crippen LogP contribution in [-0.2, 0) is 12.3 Å². The molecule has 14 heavy (non-hydrogen) atoms. The van der Waals surface area contributed by atoms with E-state index in [0.717, 1.165) is 6.07 Å². The topological polar surface area (TPSA) is 0 Å². The zero-order valence-corrected chi connectivity index (χ0v) is 7.86. The molecule has 0 saturated carbocycles. The maximum Gasteiger partial charge on any atom is 0.291 e. The van der Waals surface area contributed by atoms with Crippen LogP contribution in [0.4, 0.5) is 13.2 Å². The molecule has 0 aromatic heterocycles. The molecule has 0 aliphatic carbocycles. The molecular weight excluding hydrogens is 189 g/mol. The van der Waals surface area contributed by atoms with Crippen molar-refractivity contribution in [1.29, 1.82) is 0 Å². The van der Waals surface area contributed by atoms with Crippen LogP contribution in [0.5, 0.6) is 0 Å². The Balaban J connectivity index is 3.30. The Bertz CT molecular complexity index is 342. The summed E-state index contributed by atoms with van der Waals surface area (Å²) in [4.78, 5) is 0. The van der Waals surface area contributed by atoms with Gasteiger partial charge in [0, 0.05) is 5.56 Å². The molecule has 0 spiro atoms. The van der Waals surface area contributed by atoms with E-state index in [1.54, 1.807) is 6.92 Å². The molecule has 0 bridgehead atoms. The van der Waals surface area contributed by atoms with Crippen LogP contribution >= 0.6 is 0 Å². The average molecular weight is 200 g/mol. The standard InChI is InChI=1S/C11H11F3/c1-3-8-5-6-9(12)7-10(8)11(13,14)4-2/h4-7H,2-3H2,1H3. The van der Waals surface area contributed by atoms with E-state index < -0.39 is 11.7 Å². The summed E-state index contributed by atoms with van der Waals surface area (Å²) in [7, 11) is 0. The van der Waals surface area contributed by atoms with E-state index in [9.17, 15) is 13.2 Å². The molecule has 0 nitrogen and oxygen atoms in total. The lowest BCUT2D eigenvalue weighted by Crippen LogP contribution is -2.12. The summed E-state index contributed by atoms with van der Waals surface area (Å²) in [6.07, 6.45) is 0.972. The highest BCUT2D eigenvalue weighted by Gasteiger charge is 2.29. The molecule has 1 aromatic carbocycles. The monoisotopic (exact) mass is 200 g/mol. The number of rotatable bonds is 3. The lowest BCUT2D eigenvalue weighted by molar-refractivity contribution is 0.0512. The van der Waals surface area contributed by atoms with Crippen molar-refractivity contribution in [1.82, 2.24) is 0 Å². The van der Waals surface area contributed by atoms with Crippen molar-refractivity contribution in [3.05, 3.63) is 47.8 Å². The maximum absolute atomic E-state index is 13.2. The molecule has 0 atom stereocenters. The van der Waals surface area contributed by atoms with Crippen LogP contribution in [0, 0.1) is 5.82 Å². The minimum absolute atomic E-state index is 0.296. The summed E-state index contributed by atoms with van der Waals surface area (Å²) in [6.45, 7) is 4.79. The molecule has 0 amide bonds. The smallest absolute Gasteiger partial charge is 0.207 e. The van der Waals surface area contributed by atoms with E-state index in [-0.39, 0.29) is 5.56 Å². The number of allylic oxidation sites excluding steroid dienone is 1. The van der Waals surface area contributed by atoms with Gasteiger partial charge in [0.1, 0.15) is 5.82 Å². The van der Waals surface area contributed by atoms with Crippen molar-refractivity contribution in [3.8, 4) is 0 Å². The summed E-state index contributed by atoms with van der Waals surface area (Å²) in [6, 6.07) is 3.42. The van der Waals surface area contributed by atoms with Crippen molar-refractivity contribution >= 4 is 0 Å². The SMILES string of the molecule is C=CC(F)(F)c1cc(F)ccc1CC. The fourth-order valence-electron chi connectivity index (χ4n) is 1.28. The van der Waals surface area contributed by atoms with Gasteiger partial charge in [-0.1, -0.05) is 19.6 Å². The van der Waals surface area contributed by atoms with Gasteiger partial charge >= 0.3 is 0 Å². The van der Waals surface area contributed by atoms with Gasteiger partial charge in [0.25, 0.3) is 5.92 Å². The van der Waals surface area contributed by atoms with Crippen LogP contribution in [0.1, 0.15) is 18.1 Å². The molecule has 0 aliphatic heterocycles. The lowest BCUT2D eigenvalue weighted by Gasteiger charge is -2.15. The van der Waals surface area contributed by atoms with Crippen molar-refractivity contribution in [2.24, 2.45) is 0 Å². The number of hydrogen-bond acceptors (Lipinski definition) is 0. The molecule has 0 saturated heterocycles. The Morgan fingerprint density at radius 3 is 2.57 bits per heavy atom. The zero-order chi connectivity index (χ0) is 10.8. The molecule has 0 radical (unpaired) electrons. The highest BCUT2D eigenvalue weighted by Crippen LogP contribution is 2.32. The van der Waals surface area contributed by atoms with Crippen LogP contribution < -0.4 is 0 Å². The first-order chi connectivity index (χ1) is 6.51. The van der Waals surface area contributed by atoms with Gasteiger partial charge in [0.2, 0.25) is 0 Å². The van der Waals surface area contributed by atoms with E-state index in [0.29, 0.717) is 18.1 Å². The zero-order valence-electron chi connectivity index (χ0n) is 7.86. The summed E-state index contributed by atoms with van der Waals surface area (Å²) < 4.78 is 39.2. The van der Waals surface area contributed by atoms with Gasteiger partial charge in [-0.3, -0.25) is 0 Å². The summed E-state index contributed by atoms with van der Waals surface area (Å²) >= 11 is 0. The predicted molar refractivity (Wildman–Crippen MR) is 49.9 cm³/mol. The molecule has 0 heterocycles. The number of aryl methyl sites for hydroxylation is 1. The van der Waals surface area contributed by atoms with E-state index in [1.807, 2.05) is 0 Å². The van der Waals surface area contributed by atoms with E-state index in [2.05, 4.69) is 6.58 Å². The molecular formula is C11H11F3. The van der Waals surface area contributed by atoms with Crippen LogP contribution in [0.3, 0.4) is 0 Å². The second-order valence-electron chi connectivity index (χ2n) is 2.98. The molecule has 0 N–H and O–H groups in total. The Morgan fingerprint density at radius 2 is 2.07 bits per heavy atom. The summed E-state index contributed by atoms with van der Waals surface area (Å²) in [5.74, 6) is -3.81. The predicted octanol–water partition coefficient (Wildman–Crippen LogP) is 3.67. The van der Waals surface area contributed by atoms with Crippen molar-refractivity contribution < 1.29 is 13.2 Å². The van der Waals surface area contributed by atoms with Crippen LogP contribution in [0.15, 0.2) is 30.9 Å². The average Bonchev–Trinajstić information content (AvgIpc) is 2.18. The first kappa shape index (κ1) is 10.8. The van der Waals surface area contributed by atoms with E-state index >= 15 is 0 Å². The molecule has 0 fully saturated rings. The summed E-state index contributed by atoms with van der Waals surface area (Å²) in [5.41, 5.74) is 0.145. The highest BCUT2D eigenvalue weighted by atomic mass is 19.3. The quantitative estimate of drug-likeness (QED) is 0.653. The largest absolute Gasteiger partial charge is 0.291 e. The minimum Gasteiger partial charge on any atom is -0.207 e.